The molecule has 0 aromatic rings. The van der Waals surface area contributed by atoms with Crippen molar-refractivity contribution in [3.63, 3.8) is 0 Å². The molecule has 6 heteroatoms. The molecule has 0 heterocycles. The summed E-state index contributed by atoms with van der Waals surface area (Å²) in [6.45, 7) is 6.50. The summed E-state index contributed by atoms with van der Waals surface area (Å²) in [6.07, 6.45) is 54.2. The van der Waals surface area contributed by atoms with E-state index in [2.05, 4.69) is 57.2 Å². The van der Waals surface area contributed by atoms with Crippen molar-refractivity contribution >= 4 is 17.9 Å². The summed E-state index contributed by atoms with van der Waals surface area (Å²) < 4.78 is 16.7. The second-order valence-corrected chi connectivity index (χ2v) is 16.7. The number of esters is 3. The summed E-state index contributed by atoms with van der Waals surface area (Å²) in [4.78, 5) is 37.8. The lowest BCUT2D eigenvalue weighted by Gasteiger charge is -2.18. The van der Waals surface area contributed by atoms with Gasteiger partial charge in [-0.05, 0) is 51.4 Å². The van der Waals surface area contributed by atoms with Gasteiger partial charge in [-0.1, -0.05) is 224 Å². The summed E-state index contributed by atoms with van der Waals surface area (Å²) >= 11 is 0. The Morgan fingerprint density at radius 1 is 0.362 bits per heavy atom. The van der Waals surface area contributed by atoms with Gasteiger partial charge in [-0.15, -0.1) is 0 Å². The van der Waals surface area contributed by atoms with Gasteiger partial charge in [0.1, 0.15) is 13.2 Å². The largest absolute Gasteiger partial charge is 0.462 e. The van der Waals surface area contributed by atoms with Crippen LogP contribution in [0.1, 0.15) is 258 Å². The third-order valence-electron chi connectivity index (χ3n) is 10.9. The van der Waals surface area contributed by atoms with Crippen molar-refractivity contribution in [2.45, 2.75) is 264 Å². The first-order valence-electron chi connectivity index (χ1n) is 25.0. The zero-order valence-corrected chi connectivity index (χ0v) is 38.6. The third-order valence-corrected chi connectivity index (χ3v) is 10.9. The number of allylic oxidation sites excluding steroid dienone is 6. The molecule has 0 saturated heterocycles. The van der Waals surface area contributed by atoms with Crippen LogP contribution in [0.25, 0.3) is 0 Å². The Kier molecular flexibility index (Phi) is 45.4. The Bertz CT molecular complexity index is 984. The number of hydrogen-bond donors (Lipinski definition) is 0. The summed E-state index contributed by atoms with van der Waals surface area (Å²) in [5.41, 5.74) is 0. The molecule has 0 saturated carbocycles. The average Bonchev–Trinajstić information content (AvgIpc) is 3.22. The molecule has 0 aromatic heterocycles. The number of unbranched alkanes of at least 4 members (excludes halogenated alkanes) is 28. The molecule has 0 radical (unpaired) electrons. The maximum absolute atomic E-state index is 12.7. The van der Waals surface area contributed by atoms with Crippen LogP contribution in [0, 0.1) is 0 Å². The Balaban J connectivity index is 4.31. The lowest BCUT2D eigenvalue weighted by atomic mass is 10.0. The number of carbonyl (C=O) groups excluding carboxylic acids is 3. The fourth-order valence-electron chi connectivity index (χ4n) is 7.16. The van der Waals surface area contributed by atoms with E-state index in [1.165, 1.54) is 128 Å². The quantitative estimate of drug-likeness (QED) is 0.0264. The van der Waals surface area contributed by atoms with E-state index in [9.17, 15) is 14.4 Å². The van der Waals surface area contributed by atoms with Crippen LogP contribution >= 0.6 is 0 Å². The van der Waals surface area contributed by atoms with Crippen LogP contribution < -0.4 is 0 Å². The molecular formula is C52H94O6. The predicted octanol–water partition coefficient (Wildman–Crippen LogP) is 16.1. The first-order valence-corrected chi connectivity index (χ1v) is 25.0. The molecular weight excluding hydrogens is 721 g/mol. The van der Waals surface area contributed by atoms with Gasteiger partial charge in [-0.2, -0.15) is 0 Å². The Morgan fingerprint density at radius 2 is 0.672 bits per heavy atom. The zero-order valence-electron chi connectivity index (χ0n) is 38.6. The highest BCUT2D eigenvalue weighted by molar-refractivity contribution is 5.71. The van der Waals surface area contributed by atoms with Crippen LogP contribution in [0.4, 0.5) is 0 Å². The van der Waals surface area contributed by atoms with E-state index < -0.39 is 6.10 Å². The summed E-state index contributed by atoms with van der Waals surface area (Å²) in [6, 6.07) is 0. The number of carbonyl (C=O) groups is 3. The SMILES string of the molecule is CC/C=C\C/C=C\C/C=C\CCCCCCC(=O)OC(COC(=O)CCCCCCCCCCC)COC(=O)CCCCCCCCCCCCCCCCCCC. The molecule has 0 fully saturated rings. The van der Waals surface area contributed by atoms with Gasteiger partial charge in [-0.3, -0.25) is 14.4 Å². The number of hydrogen-bond acceptors (Lipinski definition) is 6. The van der Waals surface area contributed by atoms with Crippen LogP contribution in [0.15, 0.2) is 36.5 Å². The molecule has 0 spiro atoms. The molecule has 0 rings (SSSR count). The molecule has 0 bridgehead atoms. The van der Waals surface area contributed by atoms with Crippen molar-refractivity contribution in [3.8, 4) is 0 Å². The van der Waals surface area contributed by atoms with Gasteiger partial charge in [0, 0.05) is 19.3 Å². The maximum Gasteiger partial charge on any atom is 0.306 e. The second kappa shape index (κ2) is 47.3. The van der Waals surface area contributed by atoms with Gasteiger partial charge in [-0.25, -0.2) is 0 Å². The van der Waals surface area contributed by atoms with Gasteiger partial charge in [0.25, 0.3) is 0 Å². The normalized spacial score (nSPS) is 12.3. The molecule has 0 aliphatic carbocycles. The van der Waals surface area contributed by atoms with Crippen LogP contribution in [0.3, 0.4) is 0 Å². The molecule has 6 nitrogen and oxygen atoms in total. The van der Waals surface area contributed by atoms with Gasteiger partial charge in [0.05, 0.1) is 0 Å². The van der Waals surface area contributed by atoms with Crippen molar-refractivity contribution in [3.05, 3.63) is 36.5 Å². The average molecular weight is 815 g/mol. The smallest absolute Gasteiger partial charge is 0.306 e. The maximum atomic E-state index is 12.7. The molecule has 0 N–H and O–H groups in total. The van der Waals surface area contributed by atoms with Gasteiger partial charge < -0.3 is 14.2 Å². The van der Waals surface area contributed by atoms with E-state index in [4.69, 9.17) is 14.2 Å². The molecule has 0 aromatic carbocycles. The molecule has 0 amide bonds. The first kappa shape index (κ1) is 55.6. The number of rotatable bonds is 45. The Labute approximate surface area is 359 Å². The minimum Gasteiger partial charge on any atom is -0.462 e. The van der Waals surface area contributed by atoms with Gasteiger partial charge in [0.2, 0.25) is 0 Å². The van der Waals surface area contributed by atoms with E-state index in [0.717, 1.165) is 89.9 Å². The van der Waals surface area contributed by atoms with Crippen LogP contribution in [0.5, 0.6) is 0 Å². The molecule has 0 aliphatic heterocycles. The molecule has 58 heavy (non-hydrogen) atoms. The molecule has 0 aliphatic rings. The summed E-state index contributed by atoms with van der Waals surface area (Å²) in [5.74, 6) is -0.894. The van der Waals surface area contributed by atoms with E-state index in [1.54, 1.807) is 0 Å². The summed E-state index contributed by atoms with van der Waals surface area (Å²) in [5, 5.41) is 0. The van der Waals surface area contributed by atoms with Crippen LogP contribution in [-0.4, -0.2) is 37.2 Å². The molecule has 1 unspecified atom stereocenters. The van der Waals surface area contributed by atoms with Crippen molar-refractivity contribution < 1.29 is 28.6 Å². The highest BCUT2D eigenvalue weighted by Crippen LogP contribution is 2.16. The van der Waals surface area contributed by atoms with Gasteiger partial charge in [0.15, 0.2) is 6.10 Å². The van der Waals surface area contributed by atoms with E-state index >= 15 is 0 Å². The molecule has 338 valence electrons. The Hall–Kier alpha value is -2.37. The second-order valence-electron chi connectivity index (χ2n) is 16.7. The monoisotopic (exact) mass is 815 g/mol. The van der Waals surface area contributed by atoms with E-state index in [1.807, 2.05) is 0 Å². The highest BCUT2D eigenvalue weighted by Gasteiger charge is 2.19. The Morgan fingerprint density at radius 3 is 1.05 bits per heavy atom. The van der Waals surface area contributed by atoms with E-state index in [-0.39, 0.29) is 31.1 Å². The summed E-state index contributed by atoms with van der Waals surface area (Å²) in [7, 11) is 0. The van der Waals surface area contributed by atoms with Gasteiger partial charge >= 0.3 is 17.9 Å². The number of ether oxygens (including phenoxy) is 3. The topological polar surface area (TPSA) is 78.9 Å². The van der Waals surface area contributed by atoms with Crippen molar-refractivity contribution in [1.82, 2.24) is 0 Å². The van der Waals surface area contributed by atoms with Crippen molar-refractivity contribution in [2.24, 2.45) is 0 Å². The van der Waals surface area contributed by atoms with Crippen molar-refractivity contribution in [1.29, 1.82) is 0 Å². The fraction of sp³-hybridized carbons (Fsp3) is 0.827. The lowest BCUT2D eigenvalue weighted by Crippen LogP contribution is -2.30. The van der Waals surface area contributed by atoms with Crippen molar-refractivity contribution in [2.75, 3.05) is 13.2 Å². The molecule has 1 atom stereocenters. The standard InChI is InChI=1S/C52H94O6/c1-4-7-10-13-16-19-21-23-25-26-27-29-30-33-36-39-42-45-51(54)57-48-49(47-56-50(53)44-41-38-35-32-18-15-12-9-6-3)58-52(55)46-43-40-37-34-31-28-24-22-20-17-14-11-8-5-2/h8,11,17,20,24,28,49H,4-7,9-10,12-16,18-19,21-23,25-27,29-48H2,1-3H3/b11-8-,20-17-,28-24-. The predicted molar refractivity (Wildman–Crippen MR) is 247 cm³/mol. The van der Waals surface area contributed by atoms with Crippen LogP contribution in [-0.2, 0) is 28.6 Å². The lowest BCUT2D eigenvalue weighted by molar-refractivity contribution is -0.167. The zero-order chi connectivity index (χ0) is 42.3. The van der Waals surface area contributed by atoms with E-state index in [0.29, 0.717) is 19.3 Å². The van der Waals surface area contributed by atoms with Crippen LogP contribution in [0.2, 0.25) is 0 Å². The fourth-order valence-corrected chi connectivity index (χ4v) is 7.16. The third kappa shape index (κ3) is 44.7. The minimum absolute atomic E-state index is 0.0776. The highest BCUT2D eigenvalue weighted by atomic mass is 16.6. The minimum atomic E-state index is -0.777. The first-order chi connectivity index (χ1) is 28.5.